The molecule has 3 aromatic rings. The standard InChI is InChI=1S/C19H17N3O3S2/c1-14-4-2-3-5-15(14)6-11-18(23)21-16-7-9-17(10-8-16)27(24,25)22-19-20-12-13-26-19/h2-13H,1H3,(H,20,22)(H,21,23). The fourth-order valence-electron chi connectivity index (χ4n) is 2.29. The lowest BCUT2D eigenvalue weighted by atomic mass is 10.1. The molecule has 6 nitrogen and oxygen atoms in total. The van der Waals surface area contributed by atoms with Crippen LogP contribution in [-0.4, -0.2) is 19.3 Å². The van der Waals surface area contributed by atoms with Crippen molar-refractivity contribution in [2.45, 2.75) is 11.8 Å². The molecule has 0 spiro atoms. The number of aromatic nitrogens is 1. The molecule has 138 valence electrons. The van der Waals surface area contributed by atoms with Gasteiger partial charge in [-0.05, 0) is 48.4 Å². The molecule has 0 fully saturated rings. The van der Waals surface area contributed by atoms with Gasteiger partial charge in [0.05, 0.1) is 4.90 Å². The molecule has 0 bridgehead atoms. The number of anilines is 2. The molecule has 0 unspecified atom stereocenters. The maximum atomic E-state index is 12.3. The van der Waals surface area contributed by atoms with Gasteiger partial charge in [-0.2, -0.15) is 0 Å². The quantitative estimate of drug-likeness (QED) is 0.615. The first kappa shape index (κ1) is 18.8. The molecule has 0 saturated carbocycles. The van der Waals surface area contributed by atoms with E-state index >= 15 is 0 Å². The molecule has 0 saturated heterocycles. The summed E-state index contributed by atoms with van der Waals surface area (Å²) in [7, 11) is -3.71. The van der Waals surface area contributed by atoms with Gasteiger partial charge in [0.15, 0.2) is 5.13 Å². The third kappa shape index (κ3) is 5.02. The number of sulfonamides is 1. The molecule has 0 aliphatic carbocycles. The number of carbonyl (C=O) groups excluding carboxylic acids is 1. The summed E-state index contributed by atoms with van der Waals surface area (Å²) in [5, 5.41) is 4.69. The van der Waals surface area contributed by atoms with Gasteiger partial charge in [-0.15, -0.1) is 11.3 Å². The Bertz CT molecular complexity index is 1060. The molecule has 0 atom stereocenters. The fraction of sp³-hybridized carbons (Fsp3) is 0.0526. The van der Waals surface area contributed by atoms with Crippen molar-refractivity contribution in [1.82, 2.24) is 4.98 Å². The van der Waals surface area contributed by atoms with Crippen LogP contribution in [-0.2, 0) is 14.8 Å². The first-order valence-electron chi connectivity index (χ1n) is 8.01. The lowest BCUT2D eigenvalue weighted by molar-refractivity contribution is -0.111. The Morgan fingerprint density at radius 2 is 1.85 bits per heavy atom. The topological polar surface area (TPSA) is 88.2 Å². The van der Waals surface area contributed by atoms with E-state index in [4.69, 9.17) is 0 Å². The van der Waals surface area contributed by atoms with Crippen molar-refractivity contribution in [3.63, 3.8) is 0 Å². The van der Waals surface area contributed by atoms with Gasteiger partial charge < -0.3 is 5.32 Å². The predicted octanol–water partition coefficient (Wildman–Crippen LogP) is 3.90. The number of thiazole rings is 1. The second kappa shape index (κ2) is 8.15. The number of hydrogen-bond donors (Lipinski definition) is 2. The average molecular weight is 399 g/mol. The number of hydrogen-bond acceptors (Lipinski definition) is 5. The Balaban J connectivity index is 1.65. The zero-order valence-corrected chi connectivity index (χ0v) is 16.0. The van der Waals surface area contributed by atoms with Crippen LogP contribution in [0.5, 0.6) is 0 Å². The van der Waals surface area contributed by atoms with Crippen molar-refractivity contribution >= 4 is 44.2 Å². The minimum Gasteiger partial charge on any atom is -0.323 e. The van der Waals surface area contributed by atoms with Gasteiger partial charge in [0.25, 0.3) is 10.0 Å². The third-order valence-corrected chi connectivity index (χ3v) is 5.86. The molecule has 0 radical (unpaired) electrons. The molecule has 0 aliphatic heterocycles. The van der Waals surface area contributed by atoms with E-state index < -0.39 is 10.0 Å². The Kier molecular flexibility index (Phi) is 5.68. The number of nitrogens with zero attached hydrogens (tertiary/aromatic N) is 1. The Morgan fingerprint density at radius 1 is 1.11 bits per heavy atom. The third-order valence-electron chi connectivity index (χ3n) is 3.69. The fourth-order valence-corrected chi connectivity index (χ4v) is 4.08. The van der Waals surface area contributed by atoms with Gasteiger partial charge in [-0.1, -0.05) is 24.3 Å². The molecule has 2 aromatic carbocycles. The zero-order chi connectivity index (χ0) is 19.3. The molecular formula is C19H17N3O3S2. The van der Waals surface area contributed by atoms with Crippen LogP contribution in [0.3, 0.4) is 0 Å². The number of rotatable bonds is 6. The highest BCUT2D eigenvalue weighted by molar-refractivity contribution is 7.93. The molecule has 1 heterocycles. The highest BCUT2D eigenvalue weighted by Gasteiger charge is 2.15. The van der Waals surface area contributed by atoms with Crippen molar-refractivity contribution in [2.24, 2.45) is 0 Å². The second-order valence-electron chi connectivity index (χ2n) is 5.65. The van der Waals surface area contributed by atoms with Gasteiger partial charge >= 0.3 is 0 Å². The van der Waals surface area contributed by atoms with Crippen molar-refractivity contribution < 1.29 is 13.2 Å². The zero-order valence-electron chi connectivity index (χ0n) is 14.4. The van der Waals surface area contributed by atoms with Crippen molar-refractivity contribution in [2.75, 3.05) is 10.0 Å². The normalized spacial score (nSPS) is 11.4. The summed E-state index contributed by atoms with van der Waals surface area (Å²) in [6, 6.07) is 13.7. The molecule has 27 heavy (non-hydrogen) atoms. The number of nitrogens with one attached hydrogen (secondary N) is 2. The molecule has 8 heteroatoms. The van der Waals surface area contributed by atoms with Gasteiger partial charge in [-0.3, -0.25) is 9.52 Å². The van der Waals surface area contributed by atoms with Crippen LogP contribution in [0.15, 0.2) is 71.1 Å². The van der Waals surface area contributed by atoms with Crippen molar-refractivity contribution in [3.8, 4) is 0 Å². The first-order valence-corrected chi connectivity index (χ1v) is 10.4. The monoisotopic (exact) mass is 399 g/mol. The second-order valence-corrected chi connectivity index (χ2v) is 8.22. The summed E-state index contributed by atoms with van der Waals surface area (Å²) in [5.74, 6) is -0.297. The van der Waals surface area contributed by atoms with Crippen LogP contribution in [0, 0.1) is 6.92 Å². The predicted molar refractivity (Wildman–Crippen MR) is 108 cm³/mol. The molecular weight excluding hydrogens is 382 g/mol. The van der Waals surface area contributed by atoms with Crippen LogP contribution < -0.4 is 10.0 Å². The summed E-state index contributed by atoms with van der Waals surface area (Å²) < 4.78 is 27.0. The van der Waals surface area contributed by atoms with E-state index in [1.54, 1.807) is 11.5 Å². The number of benzene rings is 2. The van der Waals surface area contributed by atoms with E-state index in [-0.39, 0.29) is 10.8 Å². The summed E-state index contributed by atoms with van der Waals surface area (Å²) >= 11 is 1.19. The van der Waals surface area contributed by atoms with E-state index in [0.717, 1.165) is 11.1 Å². The van der Waals surface area contributed by atoms with E-state index in [9.17, 15) is 13.2 Å². The number of aryl methyl sites for hydroxylation is 1. The molecule has 3 rings (SSSR count). The number of carbonyl (C=O) groups is 1. The van der Waals surface area contributed by atoms with Crippen molar-refractivity contribution in [3.05, 3.63) is 77.3 Å². The minimum absolute atomic E-state index is 0.0890. The smallest absolute Gasteiger partial charge is 0.263 e. The lowest BCUT2D eigenvalue weighted by Gasteiger charge is -2.07. The van der Waals surface area contributed by atoms with E-state index in [0.29, 0.717) is 10.8 Å². The molecule has 1 aromatic heterocycles. The highest BCUT2D eigenvalue weighted by atomic mass is 32.2. The summed E-state index contributed by atoms with van der Waals surface area (Å²) in [5.41, 5.74) is 2.54. The maximum absolute atomic E-state index is 12.3. The molecule has 2 N–H and O–H groups in total. The van der Waals surface area contributed by atoms with Gasteiger partial charge in [0.1, 0.15) is 0 Å². The molecule has 1 amide bonds. The first-order chi connectivity index (χ1) is 12.9. The number of amides is 1. The highest BCUT2D eigenvalue weighted by Crippen LogP contribution is 2.19. The van der Waals surface area contributed by atoms with E-state index in [1.807, 2.05) is 31.2 Å². The Labute approximate surface area is 161 Å². The lowest BCUT2D eigenvalue weighted by Crippen LogP contribution is -2.13. The van der Waals surface area contributed by atoms with Crippen LogP contribution in [0.25, 0.3) is 6.08 Å². The van der Waals surface area contributed by atoms with Gasteiger partial charge in [-0.25, -0.2) is 13.4 Å². The average Bonchev–Trinajstić information content (AvgIpc) is 3.14. The van der Waals surface area contributed by atoms with Crippen molar-refractivity contribution in [1.29, 1.82) is 0 Å². The van der Waals surface area contributed by atoms with E-state index in [1.165, 1.54) is 47.9 Å². The van der Waals surface area contributed by atoms with E-state index in [2.05, 4.69) is 15.0 Å². The summed E-state index contributed by atoms with van der Waals surface area (Å²) in [6.07, 6.45) is 4.70. The van der Waals surface area contributed by atoms with Crippen LogP contribution in [0.4, 0.5) is 10.8 Å². The molecule has 0 aliphatic rings. The Morgan fingerprint density at radius 3 is 2.52 bits per heavy atom. The van der Waals surface area contributed by atoms with Crippen LogP contribution >= 0.6 is 11.3 Å². The van der Waals surface area contributed by atoms with Gasteiger partial charge in [0, 0.05) is 23.3 Å². The van der Waals surface area contributed by atoms with Gasteiger partial charge in [0.2, 0.25) is 5.91 Å². The van der Waals surface area contributed by atoms with Crippen LogP contribution in [0.2, 0.25) is 0 Å². The largest absolute Gasteiger partial charge is 0.323 e. The van der Waals surface area contributed by atoms with Crippen LogP contribution in [0.1, 0.15) is 11.1 Å². The summed E-state index contributed by atoms with van der Waals surface area (Å²) in [6.45, 7) is 1.97. The Hall–Kier alpha value is -2.97. The maximum Gasteiger partial charge on any atom is 0.263 e. The SMILES string of the molecule is Cc1ccccc1C=CC(=O)Nc1ccc(S(=O)(=O)Nc2nccs2)cc1. The summed E-state index contributed by atoms with van der Waals surface area (Å²) in [4.78, 5) is 16.0. The minimum atomic E-state index is -3.71.